The largest absolute Gasteiger partial charge is 0.478 e. The number of aromatic carboxylic acids is 1. The van der Waals surface area contributed by atoms with Crippen molar-refractivity contribution in [1.82, 2.24) is 0 Å². The van der Waals surface area contributed by atoms with Crippen molar-refractivity contribution in [3.63, 3.8) is 0 Å². The number of carboxylic acid groups (broad SMARTS) is 1. The highest BCUT2D eigenvalue weighted by atomic mass is 79.9. The normalized spacial score (nSPS) is 14.4. The minimum absolute atomic E-state index is 0.158. The second-order valence-corrected chi connectivity index (χ2v) is 4.21. The summed E-state index contributed by atoms with van der Waals surface area (Å²) in [6.07, 6.45) is -1.41. The quantitative estimate of drug-likeness (QED) is 0.719. The van der Waals surface area contributed by atoms with Crippen molar-refractivity contribution in [3.05, 3.63) is 35.4 Å². The number of aliphatic hydroxyl groups excluding tert-OH is 2. The molecule has 4 nitrogen and oxygen atoms in total. The highest BCUT2D eigenvalue weighted by Gasteiger charge is 2.17. The summed E-state index contributed by atoms with van der Waals surface area (Å²) in [5.74, 6) is -1.01. The summed E-state index contributed by atoms with van der Waals surface area (Å²) in [7, 11) is 0. The van der Waals surface area contributed by atoms with Crippen molar-refractivity contribution in [3.8, 4) is 0 Å². The van der Waals surface area contributed by atoms with Crippen molar-refractivity contribution >= 4 is 21.9 Å². The van der Waals surface area contributed by atoms with Gasteiger partial charge >= 0.3 is 5.97 Å². The lowest BCUT2D eigenvalue weighted by Crippen LogP contribution is -2.18. The van der Waals surface area contributed by atoms with E-state index in [0.717, 1.165) is 0 Å². The molecule has 1 aromatic carbocycles. The maximum absolute atomic E-state index is 10.6. The Labute approximate surface area is 102 Å². The molecule has 2 atom stereocenters. The van der Waals surface area contributed by atoms with Crippen LogP contribution in [-0.4, -0.2) is 32.7 Å². The lowest BCUT2D eigenvalue weighted by molar-refractivity contribution is 0.0173. The molecule has 0 saturated carbocycles. The third kappa shape index (κ3) is 3.30. The van der Waals surface area contributed by atoms with Crippen LogP contribution in [0.1, 0.15) is 28.4 Å². The molecular formula is C11H13BrO4. The van der Waals surface area contributed by atoms with E-state index >= 15 is 0 Å². The van der Waals surface area contributed by atoms with Gasteiger partial charge < -0.3 is 15.3 Å². The first-order valence-electron chi connectivity index (χ1n) is 4.81. The summed E-state index contributed by atoms with van der Waals surface area (Å²) in [5, 5.41) is 28.6. The summed E-state index contributed by atoms with van der Waals surface area (Å²) in [4.78, 5) is 10.6. The maximum Gasteiger partial charge on any atom is 0.335 e. The first-order chi connectivity index (χ1) is 7.56. The third-order valence-electron chi connectivity index (χ3n) is 2.27. The van der Waals surface area contributed by atoms with Gasteiger partial charge in [0.25, 0.3) is 0 Å². The second-order valence-electron chi connectivity index (χ2n) is 3.42. The fourth-order valence-electron chi connectivity index (χ4n) is 1.31. The molecule has 0 heterocycles. The molecule has 0 amide bonds. The van der Waals surface area contributed by atoms with E-state index in [1.807, 2.05) is 0 Å². The summed E-state index contributed by atoms with van der Waals surface area (Å²) in [6.45, 7) is 0. The number of hydrogen-bond donors (Lipinski definition) is 3. The molecule has 0 saturated heterocycles. The minimum atomic E-state index is -1.01. The van der Waals surface area contributed by atoms with Gasteiger partial charge in [-0.3, -0.25) is 0 Å². The minimum Gasteiger partial charge on any atom is -0.478 e. The van der Waals surface area contributed by atoms with E-state index in [9.17, 15) is 15.0 Å². The molecule has 0 aliphatic carbocycles. The number of carboxylic acids is 1. The molecule has 0 aliphatic heterocycles. The zero-order valence-corrected chi connectivity index (χ0v) is 10.1. The average molecular weight is 289 g/mol. The van der Waals surface area contributed by atoms with E-state index in [0.29, 0.717) is 17.3 Å². The molecule has 0 aromatic heterocycles. The van der Waals surface area contributed by atoms with Gasteiger partial charge in [0.05, 0.1) is 11.7 Å². The number of aliphatic hydroxyl groups is 2. The van der Waals surface area contributed by atoms with Gasteiger partial charge in [-0.25, -0.2) is 4.79 Å². The molecule has 0 fully saturated rings. The second kappa shape index (κ2) is 5.98. The van der Waals surface area contributed by atoms with Crippen molar-refractivity contribution in [1.29, 1.82) is 0 Å². The summed E-state index contributed by atoms with van der Waals surface area (Å²) in [5.41, 5.74) is 0.671. The maximum atomic E-state index is 10.6. The molecule has 2 unspecified atom stereocenters. The Morgan fingerprint density at radius 3 is 2.25 bits per heavy atom. The van der Waals surface area contributed by atoms with Crippen molar-refractivity contribution in [2.45, 2.75) is 18.6 Å². The van der Waals surface area contributed by atoms with E-state index in [1.54, 1.807) is 0 Å². The van der Waals surface area contributed by atoms with E-state index in [4.69, 9.17) is 5.11 Å². The lowest BCUT2D eigenvalue weighted by Gasteiger charge is -2.17. The molecule has 0 bridgehead atoms. The van der Waals surface area contributed by atoms with E-state index in [1.165, 1.54) is 24.3 Å². The standard InChI is InChI=1S/C11H13BrO4/c12-6-5-9(13)10(14)7-1-3-8(4-2-7)11(15)16/h1-4,9-10,13-14H,5-6H2,(H,15,16). The number of rotatable bonds is 5. The van der Waals surface area contributed by atoms with E-state index < -0.39 is 18.2 Å². The number of carbonyl (C=O) groups is 1. The average Bonchev–Trinajstić information content (AvgIpc) is 2.28. The van der Waals surface area contributed by atoms with Gasteiger partial charge in [-0.1, -0.05) is 28.1 Å². The van der Waals surface area contributed by atoms with Crippen LogP contribution in [0.25, 0.3) is 0 Å². The van der Waals surface area contributed by atoms with Gasteiger partial charge in [-0.2, -0.15) is 0 Å². The van der Waals surface area contributed by atoms with E-state index in [-0.39, 0.29) is 5.56 Å². The molecule has 16 heavy (non-hydrogen) atoms. The smallest absolute Gasteiger partial charge is 0.335 e. The zero-order valence-electron chi connectivity index (χ0n) is 8.51. The van der Waals surface area contributed by atoms with Crippen LogP contribution < -0.4 is 0 Å². The topological polar surface area (TPSA) is 77.8 Å². The Hall–Kier alpha value is -0.910. The molecule has 88 valence electrons. The third-order valence-corrected chi connectivity index (χ3v) is 2.73. The Morgan fingerprint density at radius 2 is 1.81 bits per heavy atom. The lowest BCUT2D eigenvalue weighted by atomic mass is 10.0. The van der Waals surface area contributed by atoms with Crippen LogP contribution in [0, 0.1) is 0 Å². The molecule has 1 aromatic rings. The number of benzene rings is 1. The highest BCUT2D eigenvalue weighted by Crippen LogP contribution is 2.19. The first-order valence-corrected chi connectivity index (χ1v) is 5.93. The monoisotopic (exact) mass is 288 g/mol. The van der Waals surface area contributed by atoms with Crippen molar-refractivity contribution < 1.29 is 20.1 Å². The fourth-order valence-corrected chi connectivity index (χ4v) is 1.78. The van der Waals surface area contributed by atoms with Gasteiger partial charge in [0.15, 0.2) is 0 Å². The van der Waals surface area contributed by atoms with E-state index in [2.05, 4.69) is 15.9 Å². The molecule has 3 N–H and O–H groups in total. The SMILES string of the molecule is O=C(O)c1ccc(C(O)C(O)CCBr)cc1. The van der Waals surface area contributed by atoms with Crippen LogP contribution in [0.15, 0.2) is 24.3 Å². The predicted molar refractivity (Wildman–Crippen MR) is 62.8 cm³/mol. The molecule has 1 rings (SSSR count). The summed E-state index contributed by atoms with van der Waals surface area (Å²) < 4.78 is 0. The highest BCUT2D eigenvalue weighted by molar-refractivity contribution is 9.09. The summed E-state index contributed by atoms with van der Waals surface area (Å²) in [6, 6.07) is 5.82. The predicted octanol–water partition coefficient (Wildman–Crippen LogP) is 1.56. The molecular weight excluding hydrogens is 276 g/mol. The van der Waals surface area contributed by atoms with Crippen molar-refractivity contribution in [2.24, 2.45) is 0 Å². The van der Waals surface area contributed by atoms with Gasteiger partial charge in [0.1, 0.15) is 6.10 Å². The van der Waals surface area contributed by atoms with Crippen LogP contribution >= 0.6 is 15.9 Å². The van der Waals surface area contributed by atoms with Crippen LogP contribution in [0.3, 0.4) is 0 Å². The van der Waals surface area contributed by atoms with Crippen LogP contribution in [-0.2, 0) is 0 Å². The molecule has 0 radical (unpaired) electrons. The van der Waals surface area contributed by atoms with Crippen LogP contribution in [0.5, 0.6) is 0 Å². The van der Waals surface area contributed by atoms with Gasteiger partial charge in [0, 0.05) is 5.33 Å². The Bertz CT molecular complexity index is 350. The van der Waals surface area contributed by atoms with Crippen LogP contribution in [0.2, 0.25) is 0 Å². The Kier molecular flexibility index (Phi) is 4.92. The van der Waals surface area contributed by atoms with Gasteiger partial charge in [-0.05, 0) is 24.1 Å². The van der Waals surface area contributed by atoms with Crippen LogP contribution in [0.4, 0.5) is 0 Å². The Morgan fingerprint density at radius 1 is 1.25 bits per heavy atom. The number of alkyl halides is 1. The zero-order chi connectivity index (χ0) is 12.1. The number of hydrogen-bond acceptors (Lipinski definition) is 3. The molecule has 0 spiro atoms. The summed E-state index contributed by atoms with van der Waals surface area (Å²) >= 11 is 3.17. The number of halogens is 1. The molecule has 5 heteroatoms. The van der Waals surface area contributed by atoms with Gasteiger partial charge in [0.2, 0.25) is 0 Å². The van der Waals surface area contributed by atoms with Gasteiger partial charge in [-0.15, -0.1) is 0 Å². The Balaban J connectivity index is 2.77. The fraction of sp³-hybridized carbons (Fsp3) is 0.364. The molecule has 0 aliphatic rings. The first kappa shape index (κ1) is 13.2. The van der Waals surface area contributed by atoms with Crippen molar-refractivity contribution in [2.75, 3.05) is 5.33 Å².